The van der Waals surface area contributed by atoms with E-state index in [1.54, 1.807) is 11.3 Å². The van der Waals surface area contributed by atoms with Gasteiger partial charge in [0.05, 0.1) is 10.2 Å². The van der Waals surface area contributed by atoms with Crippen LogP contribution in [0.5, 0.6) is 0 Å². The van der Waals surface area contributed by atoms with Crippen molar-refractivity contribution in [3.63, 3.8) is 0 Å². The Morgan fingerprint density at radius 3 is 3.12 bits per heavy atom. The van der Waals surface area contributed by atoms with E-state index in [2.05, 4.69) is 35.0 Å². The largest absolute Gasteiger partial charge is 0.375 e. The zero-order valence-electron chi connectivity index (χ0n) is 10.0. The lowest BCUT2D eigenvalue weighted by Crippen LogP contribution is -2.37. The van der Waals surface area contributed by atoms with Crippen LogP contribution in [0.4, 0.5) is 10.8 Å². The van der Waals surface area contributed by atoms with Crippen molar-refractivity contribution in [1.82, 2.24) is 4.98 Å². The highest BCUT2D eigenvalue weighted by atomic mass is 32.1. The van der Waals surface area contributed by atoms with Crippen molar-refractivity contribution in [2.75, 3.05) is 17.2 Å². The van der Waals surface area contributed by atoms with Crippen molar-refractivity contribution in [2.45, 2.75) is 32.2 Å². The van der Waals surface area contributed by atoms with Gasteiger partial charge < -0.3 is 10.6 Å². The van der Waals surface area contributed by atoms with Crippen LogP contribution in [-0.4, -0.2) is 17.6 Å². The topological polar surface area (TPSA) is 42.2 Å². The second-order valence-electron chi connectivity index (χ2n) is 4.74. The molecule has 0 aliphatic carbocycles. The normalized spacial score (nSPS) is 21.0. The Hall–Kier alpha value is -1.29. The fourth-order valence-corrected chi connectivity index (χ4v) is 3.36. The number of rotatable bonds is 1. The molecule has 0 bridgehead atoms. The second-order valence-corrected chi connectivity index (χ2v) is 5.80. The van der Waals surface area contributed by atoms with Crippen LogP contribution < -0.4 is 10.6 Å². The fraction of sp³-hybridized carbons (Fsp3) is 0.462. The molecule has 1 aliphatic heterocycles. The SMILES string of the molecule is CC1CCCCN1c1ccc2nc(N)sc2c1. The maximum atomic E-state index is 5.74. The van der Waals surface area contributed by atoms with E-state index in [0.717, 1.165) is 5.52 Å². The third kappa shape index (κ3) is 1.97. The number of nitrogens with two attached hydrogens (primary N) is 1. The molecule has 90 valence electrons. The Morgan fingerprint density at radius 2 is 2.29 bits per heavy atom. The monoisotopic (exact) mass is 247 g/mol. The summed E-state index contributed by atoms with van der Waals surface area (Å²) in [6.45, 7) is 3.48. The van der Waals surface area contributed by atoms with Gasteiger partial charge in [-0.05, 0) is 44.4 Å². The maximum Gasteiger partial charge on any atom is 0.181 e. The van der Waals surface area contributed by atoms with Gasteiger partial charge >= 0.3 is 0 Å². The zero-order chi connectivity index (χ0) is 11.8. The third-order valence-electron chi connectivity index (χ3n) is 3.52. The van der Waals surface area contributed by atoms with Gasteiger partial charge in [-0.3, -0.25) is 0 Å². The average molecular weight is 247 g/mol. The van der Waals surface area contributed by atoms with E-state index in [4.69, 9.17) is 5.73 Å². The lowest BCUT2D eigenvalue weighted by Gasteiger charge is -2.35. The summed E-state index contributed by atoms with van der Waals surface area (Å²) in [5.41, 5.74) is 8.07. The number of aromatic nitrogens is 1. The number of hydrogen-bond donors (Lipinski definition) is 1. The number of piperidine rings is 1. The first kappa shape index (κ1) is 10.8. The van der Waals surface area contributed by atoms with Crippen LogP contribution in [0, 0.1) is 0 Å². The number of hydrogen-bond acceptors (Lipinski definition) is 4. The lowest BCUT2D eigenvalue weighted by molar-refractivity contribution is 0.485. The predicted molar refractivity (Wildman–Crippen MR) is 74.7 cm³/mol. The Kier molecular flexibility index (Phi) is 2.67. The second kappa shape index (κ2) is 4.18. The van der Waals surface area contributed by atoms with E-state index < -0.39 is 0 Å². The summed E-state index contributed by atoms with van der Waals surface area (Å²) in [7, 11) is 0. The summed E-state index contributed by atoms with van der Waals surface area (Å²) in [5, 5.41) is 0.656. The standard InChI is InChI=1S/C13H17N3S/c1-9-4-2-3-7-16(9)10-5-6-11-12(8-10)17-13(14)15-11/h5-6,8-9H,2-4,7H2,1H3,(H2,14,15). The number of thiazole rings is 1. The number of fused-ring (bicyclic) bond motifs is 1. The summed E-state index contributed by atoms with van der Waals surface area (Å²) in [4.78, 5) is 6.80. The minimum atomic E-state index is 0.645. The average Bonchev–Trinajstić information content (AvgIpc) is 2.68. The summed E-state index contributed by atoms with van der Waals surface area (Å²) in [6.07, 6.45) is 3.95. The van der Waals surface area contributed by atoms with Crippen LogP contribution >= 0.6 is 11.3 Å². The van der Waals surface area contributed by atoms with Gasteiger partial charge in [-0.25, -0.2) is 4.98 Å². The minimum Gasteiger partial charge on any atom is -0.375 e. The Balaban J connectivity index is 1.98. The summed E-state index contributed by atoms with van der Waals surface area (Å²) < 4.78 is 1.19. The molecule has 0 saturated carbocycles. The summed E-state index contributed by atoms with van der Waals surface area (Å²) >= 11 is 1.57. The van der Waals surface area contributed by atoms with E-state index >= 15 is 0 Å². The molecule has 0 spiro atoms. The van der Waals surface area contributed by atoms with Crippen LogP contribution in [0.1, 0.15) is 26.2 Å². The van der Waals surface area contributed by atoms with Gasteiger partial charge in [0.25, 0.3) is 0 Å². The van der Waals surface area contributed by atoms with Crippen molar-refractivity contribution in [3.8, 4) is 0 Å². The highest BCUT2D eigenvalue weighted by Crippen LogP contribution is 2.31. The lowest BCUT2D eigenvalue weighted by atomic mass is 10.0. The predicted octanol–water partition coefficient (Wildman–Crippen LogP) is 3.26. The van der Waals surface area contributed by atoms with Crippen LogP contribution in [0.15, 0.2) is 18.2 Å². The van der Waals surface area contributed by atoms with Crippen molar-refractivity contribution in [1.29, 1.82) is 0 Å². The van der Waals surface area contributed by atoms with Gasteiger partial charge in [0, 0.05) is 18.3 Å². The molecule has 1 atom stereocenters. The minimum absolute atomic E-state index is 0.645. The molecule has 17 heavy (non-hydrogen) atoms. The molecule has 0 radical (unpaired) electrons. The third-order valence-corrected chi connectivity index (χ3v) is 4.37. The number of nitrogen functional groups attached to an aromatic ring is 1. The maximum absolute atomic E-state index is 5.74. The molecule has 2 heterocycles. The molecule has 0 amide bonds. The first-order valence-electron chi connectivity index (χ1n) is 6.17. The van der Waals surface area contributed by atoms with Crippen LogP contribution in [0.2, 0.25) is 0 Å². The van der Waals surface area contributed by atoms with Crippen LogP contribution in [-0.2, 0) is 0 Å². The van der Waals surface area contributed by atoms with E-state index in [9.17, 15) is 0 Å². The van der Waals surface area contributed by atoms with Crippen molar-refractivity contribution >= 4 is 32.4 Å². The fourth-order valence-electron chi connectivity index (χ4n) is 2.59. The number of anilines is 2. The molecule has 1 saturated heterocycles. The van der Waals surface area contributed by atoms with Crippen LogP contribution in [0.3, 0.4) is 0 Å². The van der Waals surface area contributed by atoms with Gasteiger partial charge in [0.2, 0.25) is 0 Å². The number of nitrogens with zero attached hydrogens (tertiary/aromatic N) is 2. The summed E-state index contributed by atoms with van der Waals surface area (Å²) in [5.74, 6) is 0. The van der Waals surface area contributed by atoms with Crippen molar-refractivity contribution < 1.29 is 0 Å². The molecule has 1 aliphatic rings. The van der Waals surface area contributed by atoms with E-state index in [1.165, 1.54) is 36.2 Å². The molecule has 1 fully saturated rings. The van der Waals surface area contributed by atoms with Gasteiger partial charge in [-0.15, -0.1) is 0 Å². The van der Waals surface area contributed by atoms with Crippen molar-refractivity contribution in [2.24, 2.45) is 0 Å². The first-order chi connectivity index (χ1) is 8.24. The zero-order valence-corrected chi connectivity index (χ0v) is 10.8. The quantitative estimate of drug-likeness (QED) is 0.841. The Labute approximate surface area is 105 Å². The molecule has 3 nitrogen and oxygen atoms in total. The number of benzene rings is 1. The molecule has 3 rings (SSSR count). The Morgan fingerprint density at radius 1 is 1.41 bits per heavy atom. The summed E-state index contributed by atoms with van der Waals surface area (Å²) in [6, 6.07) is 7.12. The van der Waals surface area contributed by atoms with Gasteiger partial charge in [-0.1, -0.05) is 11.3 Å². The molecule has 1 aromatic heterocycles. The highest BCUT2D eigenvalue weighted by Gasteiger charge is 2.18. The smallest absolute Gasteiger partial charge is 0.181 e. The van der Waals surface area contributed by atoms with E-state index in [1.807, 2.05) is 0 Å². The molecule has 1 unspecified atom stereocenters. The van der Waals surface area contributed by atoms with Gasteiger partial charge in [-0.2, -0.15) is 0 Å². The molecule has 2 aromatic rings. The van der Waals surface area contributed by atoms with Gasteiger partial charge in [0.1, 0.15) is 0 Å². The molecule has 2 N–H and O–H groups in total. The van der Waals surface area contributed by atoms with Crippen LogP contribution in [0.25, 0.3) is 10.2 Å². The molecular formula is C13H17N3S. The highest BCUT2D eigenvalue weighted by molar-refractivity contribution is 7.22. The molecule has 1 aromatic carbocycles. The van der Waals surface area contributed by atoms with E-state index in [-0.39, 0.29) is 0 Å². The first-order valence-corrected chi connectivity index (χ1v) is 6.98. The van der Waals surface area contributed by atoms with Crippen molar-refractivity contribution in [3.05, 3.63) is 18.2 Å². The molecule has 4 heteroatoms. The van der Waals surface area contributed by atoms with E-state index in [0.29, 0.717) is 11.2 Å². The molecular weight excluding hydrogens is 230 g/mol. The Bertz CT molecular complexity index is 534. The van der Waals surface area contributed by atoms with Gasteiger partial charge in [0.15, 0.2) is 5.13 Å².